The molecule has 24 heavy (non-hydrogen) atoms. The molecule has 5 nitrogen and oxygen atoms in total. The molecule has 0 spiro atoms. The molecule has 1 aliphatic heterocycles. The Hall–Kier alpha value is -2.53. The van der Waals surface area contributed by atoms with Gasteiger partial charge in [0.25, 0.3) is 0 Å². The lowest BCUT2D eigenvalue weighted by molar-refractivity contribution is -0.136. The van der Waals surface area contributed by atoms with Crippen molar-refractivity contribution in [2.75, 3.05) is 24.5 Å². The van der Waals surface area contributed by atoms with Crippen molar-refractivity contribution in [3.05, 3.63) is 54.6 Å². The second kappa shape index (κ2) is 7.84. The normalized spacial score (nSPS) is 15.2. The number of nitrogens with one attached hydrogen (secondary N) is 1. The molecule has 0 aromatic heterocycles. The van der Waals surface area contributed by atoms with Crippen LogP contribution >= 0.6 is 0 Å². The van der Waals surface area contributed by atoms with Crippen molar-refractivity contribution in [3.63, 3.8) is 0 Å². The average Bonchev–Trinajstić information content (AvgIpc) is 2.62. The zero-order valence-corrected chi connectivity index (χ0v) is 13.5. The van der Waals surface area contributed by atoms with Gasteiger partial charge in [0.2, 0.25) is 0 Å². The van der Waals surface area contributed by atoms with Crippen molar-refractivity contribution in [1.29, 1.82) is 0 Å². The number of aliphatic carboxylic acids is 1. The Kier molecular flexibility index (Phi) is 5.33. The molecule has 126 valence electrons. The number of benzene rings is 2. The third-order valence-corrected chi connectivity index (χ3v) is 4.22. The van der Waals surface area contributed by atoms with Crippen LogP contribution in [0.25, 0.3) is 0 Å². The summed E-state index contributed by atoms with van der Waals surface area (Å²) in [6.07, 6.45) is 1.91. The van der Waals surface area contributed by atoms with Gasteiger partial charge in [0.1, 0.15) is 11.5 Å². The molecule has 1 fully saturated rings. The summed E-state index contributed by atoms with van der Waals surface area (Å²) in [5.41, 5.74) is 1.17. The maximum atomic E-state index is 10.6. The number of ether oxygens (including phenoxy) is 1. The monoisotopic (exact) mass is 326 g/mol. The van der Waals surface area contributed by atoms with Gasteiger partial charge in [-0.3, -0.25) is 4.79 Å². The van der Waals surface area contributed by atoms with Gasteiger partial charge < -0.3 is 20.1 Å². The first-order valence-corrected chi connectivity index (χ1v) is 8.24. The molecule has 0 unspecified atom stereocenters. The van der Waals surface area contributed by atoms with Gasteiger partial charge in [0.05, 0.1) is 6.54 Å². The number of anilines is 1. The first-order valence-electron chi connectivity index (χ1n) is 8.24. The molecule has 5 heteroatoms. The van der Waals surface area contributed by atoms with Gasteiger partial charge >= 0.3 is 5.97 Å². The molecule has 2 aromatic rings. The van der Waals surface area contributed by atoms with Crippen molar-refractivity contribution in [2.45, 2.75) is 18.9 Å². The number of hydrogen-bond donors (Lipinski definition) is 2. The minimum atomic E-state index is -0.800. The third-order valence-electron chi connectivity index (χ3n) is 4.22. The number of para-hydroxylation sites is 1. The molecule has 2 aromatic carbocycles. The van der Waals surface area contributed by atoms with Gasteiger partial charge in [-0.25, -0.2) is 0 Å². The molecule has 0 radical (unpaired) electrons. The van der Waals surface area contributed by atoms with Crippen molar-refractivity contribution >= 4 is 11.7 Å². The summed E-state index contributed by atoms with van der Waals surface area (Å²) in [6.45, 7) is 1.89. The van der Waals surface area contributed by atoms with Crippen molar-refractivity contribution in [2.24, 2.45) is 0 Å². The highest BCUT2D eigenvalue weighted by Crippen LogP contribution is 2.26. The summed E-state index contributed by atoms with van der Waals surface area (Å²) in [5.74, 6) is 0.852. The lowest BCUT2D eigenvalue weighted by atomic mass is 10.0. The SMILES string of the molecule is O=C(O)CNC1CCN(c2ccc(Oc3ccccc3)cc2)CC1. The number of carboxylic acid groups (broad SMARTS) is 1. The van der Waals surface area contributed by atoms with Crippen LogP contribution in [0.15, 0.2) is 54.6 Å². The lowest BCUT2D eigenvalue weighted by Crippen LogP contribution is -2.44. The Morgan fingerprint density at radius 3 is 2.29 bits per heavy atom. The Morgan fingerprint density at radius 1 is 1.04 bits per heavy atom. The first-order chi connectivity index (χ1) is 11.7. The van der Waals surface area contributed by atoms with Gasteiger partial charge in [-0.2, -0.15) is 0 Å². The molecule has 1 aliphatic rings. The predicted octanol–water partition coefficient (Wildman–Crippen LogP) is 3.12. The molecule has 1 saturated heterocycles. The van der Waals surface area contributed by atoms with E-state index in [4.69, 9.17) is 9.84 Å². The quantitative estimate of drug-likeness (QED) is 0.854. The van der Waals surface area contributed by atoms with Crippen LogP contribution in [-0.4, -0.2) is 36.8 Å². The van der Waals surface area contributed by atoms with E-state index in [1.54, 1.807) is 0 Å². The van der Waals surface area contributed by atoms with Crippen LogP contribution in [0.5, 0.6) is 11.5 Å². The fraction of sp³-hybridized carbons (Fsp3) is 0.316. The van der Waals surface area contributed by atoms with Gasteiger partial charge in [-0.15, -0.1) is 0 Å². The molecule has 3 rings (SSSR count). The molecular weight excluding hydrogens is 304 g/mol. The van der Waals surface area contributed by atoms with Gasteiger partial charge in [-0.05, 0) is 49.2 Å². The zero-order valence-electron chi connectivity index (χ0n) is 13.5. The predicted molar refractivity (Wildman–Crippen MR) is 93.8 cm³/mol. The second-order valence-electron chi connectivity index (χ2n) is 5.94. The fourth-order valence-electron chi connectivity index (χ4n) is 2.92. The number of piperidine rings is 1. The van der Waals surface area contributed by atoms with E-state index in [1.807, 2.05) is 42.5 Å². The number of hydrogen-bond acceptors (Lipinski definition) is 4. The van der Waals surface area contributed by atoms with Gasteiger partial charge in [-0.1, -0.05) is 18.2 Å². The van der Waals surface area contributed by atoms with Crippen molar-refractivity contribution < 1.29 is 14.6 Å². The van der Waals surface area contributed by atoms with Gasteiger partial charge in [0.15, 0.2) is 0 Å². The first kappa shape index (κ1) is 16.3. The summed E-state index contributed by atoms with van der Waals surface area (Å²) >= 11 is 0. The Bertz CT molecular complexity index is 650. The topological polar surface area (TPSA) is 61.8 Å². The van der Waals surface area contributed by atoms with Crippen LogP contribution in [0, 0.1) is 0 Å². The fourth-order valence-corrected chi connectivity index (χ4v) is 2.92. The summed E-state index contributed by atoms with van der Waals surface area (Å²) in [7, 11) is 0. The molecule has 0 atom stereocenters. The van der Waals surface area contributed by atoms with E-state index in [0.29, 0.717) is 0 Å². The Morgan fingerprint density at radius 2 is 1.67 bits per heavy atom. The van der Waals surface area contributed by atoms with E-state index in [9.17, 15) is 4.79 Å². The largest absolute Gasteiger partial charge is 0.480 e. The molecule has 0 aliphatic carbocycles. The molecule has 0 amide bonds. The van der Waals surface area contributed by atoms with E-state index < -0.39 is 5.97 Å². The minimum Gasteiger partial charge on any atom is -0.480 e. The summed E-state index contributed by atoms with van der Waals surface area (Å²) in [5, 5.41) is 11.8. The highest BCUT2D eigenvalue weighted by molar-refractivity contribution is 5.69. The average molecular weight is 326 g/mol. The summed E-state index contributed by atoms with van der Waals surface area (Å²) < 4.78 is 5.81. The molecule has 0 saturated carbocycles. The smallest absolute Gasteiger partial charge is 0.317 e. The molecule has 0 bridgehead atoms. The van der Waals surface area contributed by atoms with Gasteiger partial charge in [0, 0.05) is 24.8 Å². The maximum Gasteiger partial charge on any atom is 0.317 e. The number of rotatable bonds is 6. The van der Waals surface area contributed by atoms with E-state index >= 15 is 0 Å². The van der Waals surface area contributed by atoms with Crippen molar-refractivity contribution in [1.82, 2.24) is 5.32 Å². The number of carbonyl (C=O) groups is 1. The number of nitrogens with zero attached hydrogens (tertiary/aromatic N) is 1. The van der Waals surface area contributed by atoms with Crippen molar-refractivity contribution in [3.8, 4) is 11.5 Å². The van der Waals surface area contributed by atoms with Crippen LogP contribution in [0.3, 0.4) is 0 Å². The molecule has 1 heterocycles. The standard InChI is InChI=1S/C19H22N2O3/c22-19(23)14-20-15-10-12-21(13-11-15)16-6-8-18(9-7-16)24-17-4-2-1-3-5-17/h1-9,15,20H,10-14H2,(H,22,23). The third kappa shape index (κ3) is 4.49. The van der Waals surface area contributed by atoms with E-state index in [2.05, 4.69) is 22.3 Å². The van der Waals surface area contributed by atoms with Crippen LogP contribution in [-0.2, 0) is 4.79 Å². The summed E-state index contributed by atoms with van der Waals surface area (Å²) in [4.78, 5) is 12.9. The Balaban J connectivity index is 1.52. The van der Waals surface area contributed by atoms with Crippen LogP contribution in [0.4, 0.5) is 5.69 Å². The second-order valence-corrected chi connectivity index (χ2v) is 5.94. The van der Waals surface area contributed by atoms with E-state index in [0.717, 1.165) is 37.4 Å². The highest BCUT2D eigenvalue weighted by atomic mass is 16.5. The summed E-state index contributed by atoms with van der Waals surface area (Å²) in [6, 6.07) is 18.1. The molecular formula is C19H22N2O3. The zero-order chi connectivity index (χ0) is 16.8. The Labute approximate surface area is 141 Å². The van der Waals surface area contributed by atoms with Crippen LogP contribution in [0.1, 0.15) is 12.8 Å². The molecule has 2 N–H and O–H groups in total. The minimum absolute atomic E-state index is 0.0379. The number of carboxylic acids is 1. The van der Waals surface area contributed by atoms with Crippen LogP contribution < -0.4 is 15.0 Å². The lowest BCUT2D eigenvalue weighted by Gasteiger charge is -2.33. The van der Waals surface area contributed by atoms with E-state index in [1.165, 1.54) is 5.69 Å². The highest BCUT2D eigenvalue weighted by Gasteiger charge is 2.19. The van der Waals surface area contributed by atoms with E-state index in [-0.39, 0.29) is 12.6 Å². The van der Waals surface area contributed by atoms with Crippen LogP contribution in [0.2, 0.25) is 0 Å². The maximum absolute atomic E-state index is 10.6.